The van der Waals surface area contributed by atoms with Crippen molar-refractivity contribution in [1.29, 1.82) is 10.5 Å². The maximum absolute atomic E-state index is 12.5. The van der Waals surface area contributed by atoms with Crippen LogP contribution < -0.4 is 10.6 Å². The predicted molar refractivity (Wildman–Crippen MR) is 140 cm³/mol. The van der Waals surface area contributed by atoms with Crippen molar-refractivity contribution in [3.05, 3.63) is 113 Å². The van der Waals surface area contributed by atoms with Crippen molar-refractivity contribution in [2.45, 2.75) is 0 Å². The van der Waals surface area contributed by atoms with Crippen LogP contribution in [0.15, 0.2) is 91.0 Å². The van der Waals surface area contributed by atoms with Gasteiger partial charge in [0.25, 0.3) is 11.8 Å². The number of nitrogens with one attached hydrogen (secondary N) is 3. The number of hydrogen-bond donors (Lipinski definition) is 3. The number of H-pyrrole nitrogens is 1. The number of anilines is 2. The van der Waals surface area contributed by atoms with E-state index in [1.165, 1.54) is 0 Å². The van der Waals surface area contributed by atoms with Crippen molar-refractivity contribution < 1.29 is 9.59 Å². The summed E-state index contributed by atoms with van der Waals surface area (Å²) in [6, 6.07) is 29.6. The summed E-state index contributed by atoms with van der Waals surface area (Å²) in [7, 11) is 0. The molecule has 0 bridgehead atoms. The minimum Gasteiger partial charge on any atom is -0.338 e. The van der Waals surface area contributed by atoms with Gasteiger partial charge in [-0.05, 0) is 91.0 Å². The first kappa shape index (κ1) is 23.0. The van der Waals surface area contributed by atoms with Gasteiger partial charge in [0.1, 0.15) is 5.82 Å². The molecule has 8 heteroatoms. The van der Waals surface area contributed by atoms with E-state index in [2.05, 4.69) is 20.6 Å². The van der Waals surface area contributed by atoms with Crippen LogP contribution in [0.2, 0.25) is 0 Å². The smallest absolute Gasteiger partial charge is 0.255 e. The highest BCUT2D eigenvalue weighted by molar-refractivity contribution is 6.05. The lowest BCUT2D eigenvalue weighted by Crippen LogP contribution is -2.11. The van der Waals surface area contributed by atoms with E-state index in [9.17, 15) is 9.59 Å². The van der Waals surface area contributed by atoms with E-state index >= 15 is 0 Å². The van der Waals surface area contributed by atoms with Gasteiger partial charge in [-0.1, -0.05) is 0 Å². The quantitative estimate of drug-likeness (QED) is 0.305. The van der Waals surface area contributed by atoms with E-state index in [1.807, 2.05) is 30.3 Å². The first-order chi connectivity index (χ1) is 18.0. The zero-order valence-electron chi connectivity index (χ0n) is 19.3. The van der Waals surface area contributed by atoms with Gasteiger partial charge in [-0.3, -0.25) is 9.59 Å². The number of hydrogen-bond acceptors (Lipinski definition) is 5. The molecule has 0 saturated heterocycles. The monoisotopic (exact) mass is 482 g/mol. The van der Waals surface area contributed by atoms with Crippen LogP contribution in [0, 0.1) is 22.7 Å². The zero-order valence-corrected chi connectivity index (χ0v) is 19.3. The molecular weight excluding hydrogens is 464 g/mol. The van der Waals surface area contributed by atoms with Gasteiger partial charge in [0.05, 0.1) is 34.3 Å². The minimum absolute atomic E-state index is 0.267. The van der Waals surface area contributed by atoms with Crippen molar-refractivity contribution in [2.24, 2.45) is 0 Å². The molecule has 0 unspecified atom stereocenters. The second-order valence-corrected chi connectivity index (χ2v) is 8.18. The van der Waals surface area contributed by atoms with Gasteiger partial charge < -0.3 is 15.6 Å². The molecule has 1 heterocycles. The van der Waals surface area contributed by atoms with E-state index in [0.29, 0.717) is 39.5 Å². The molecule has 0 radical (unpaired) electrons. The molecule has 2 amide bonds. The van der Waals surface area contributed by atoms with Gasteiger partial charge >= 0.3 is 0 Å². The van der Waals surface area contributed by atoms with E-state index in [0.717, 1.165) is 16.6 Å². The number of amides is 2. The largest absolute Gasteiger partial charge is 0.338 e. The number of benzene rings is 4. The normalized spacial score (nSPS) is 10.3. The molecule has 0 saturated carbocycles. The predicted octanol–water partition coefficient (Wildman–Crippen LogP) is 5.48. The summed E-state index contributed by atoms with van der Waals surface area (Å²) in [6.07, 6.45) is 0. The molecule has 0 aliphatic heterocycles. The summed E-state index contributed by atoms with van der Waals surface area (Å²) in [5.74, 6) is 0.106. The zero-order chi connectivity index (χ0) is 25.8. The lowest BCUT2D eigenvalue weighted by molar-refractivity contribution is 0.101. The summed E-state index contributed by atoms with van der Waals surface area (Å²) >= 11 is 0. The number of carbonyl (C=O) groups is 2. The Bertz CT molecular complexity index is 1700. The van der Waals surface area contributed by atoms with E-state index in [4.69, 9.17) is 10.5 Å². The molecule has 0 spiro atoms. The van der Waals surface area contributed by atoms with Crippen molar-refractivity contribution >= 4 is 34.2 Å². The Morgan fingerprint density at radius 3 is 1.73 bits per heavy atom. The van der Waals surface area contributed by atoms with Gasteiger partial charge in [-0.2, -0.15) is 10.5 Å². The maximum atomic E-state index is 12.5. The second kappa shape index (κ2) is 9.87. The fourth-order valence-corrected chi connectivity index (χ4v) is 3.73. The lowest BCUT2D eigenvalue weighted by atomic mass is 10.1. The average molecular weight is 483 g/mol. The topological polar surface area (TPSA) is 134 Å². The first-order valence-corrected chi connectivity index (χ1v) is 11.3. The van der Waals surface area contributed by atoms with Crippen LogP contribution in [0.25, 0.3) is 22.4 Å². The Balaban J connectivity index is 1.28. The molecule has 0 aliphatic carbocycles. The summed E-state index contributed by atoms with van der Waals surface area (Å²) < 4.78 is 0. The Morgan fingerprint density at radius 1 is 0.676 bits per heavy atom. The Hall–Kier alpha value is -5.73. The van der Waals surface area contributed by atoms with Crippen LogP contribution in [0.4, 0.5) is 11.4 Å². The van der Waals surface area contributed by atoms with Crippen molar-refractivity contribution in [3.8, 4) is 23.5 Å². The maximum Gasteiger partial charge on any atom is 0.255 e. The van der Waals surface area contributed by atoms with Crippen LogP contribution in [-0.2, 0) is 0 Å². The number of carbonyl (C=O) groups excluding carboxylic acids is 2. The number of imidazole rings is 1. The third-order valence-electron chi connectivity index (χ3n) is 5.71. The summed E-state index contributed by atoms with van der Waals surface area (Å²) in [6.45, 7) is 0. The number of nitrogens with zero attached hydrogens (tertiary/aromatic N) is 3. The molecule has 8 nitrogen and oxygen atoms in total. The van der Waals surface area contributed by atoms with Gasteiger partial charge in [0.2, 0.25) is 0 Å². The molecule has 0 aliphatic rings. The van der Waals surface area contributed by atoms with E-state index < -0.39 is 0 Å². The number of aromatic nitrogens is 2. The highest BCUT2D eigenvalue weighted by atomic mass is 16.2. The highest BCUT2D eigenvalue weighted by Gasteiger charge is 2.11. The number of aromatic amines is 1. The average Bonchev–Trinajstić information content (AvgIpc) is 3.37. The molecule has 0 atom stereocenters. The third kappa shape index (κ3) is 5.04. The number of nitriles is 2. The summed E-state index contributed by atoms with van der Waals surface area (Å²) in [5, 5.41) is 23.5. The first-order valence-electron chi connectivity index (χ1n) is 11.3. The Kier molecular flexibility index (Phi) is 6.14. The molecule has 176 valence electrons. The Morgan fingerprint density at radius 2 is 1.19 bits per heavy atom. The standard InChI is InChI=1S/C29H18N6O2/c30-16-18-1-5-21(6-2-18)28(36)32-23-11-9-20(10-12-23)27-34-25-14-13-24(15-26(25)35-27)33-29(37)22-7-3-19(17-31)4-8-22/h1-15H,(H,32,36)(H,33,37)(H,34,35). The molecule has 37 heavy (non-hydrogen) atoms. The number of rotatable bonds is 5. The molecule has 0 fully saturated rings. The summed E-state index contributed by atoms with van der Waals surface area (Å²) in [4.78, 5) is 32.9. The SMILES string of the molecule is N#Cc1ccc(C(=O)Nc2ccc(-c3nc4ccc(NC(=O)c5ccc(C#N)cc5)cc4[nH]3)cc2)cc1. The highest BCUT2D eigenvalue weighted by Crippen LogP contribution is 2.24. The van der Waals surface area contributed by atoms with E-state index in [-0.39, 0.29) is 11.8 Å². The van der Waals surface area contributed by atoms with Crippen molar-refractivity contribution in [3.63, 3.8) is 0 Å². The van der Waals surface area contributed by atoms with Gasteiger partial charge in [-0.15, -0.1) is 0 Å². The van der Waals surface area contributed by atoms with Gasteiger partial charge in [0.15, 0.2) is 0 Å². The molecule has 1 aromatic heterocycles. The number of fused-ring (bicyclic) bond motifs is 1. The molecular formula is C29H18N6O2. The molecule has 5 rings (SSSR count). The van der Waals surface area contributed by atoms with Crippen LogP contribution >= 0.6 is 0 Å². The van der Waals surface area contributed by atoms with Crippen LogP contribution in [0.1, 0.15) is 31.8 Å². The Labute approximate surface area is 211 Å². The van der Waals surface area contributed by atoms with Gasteiger partial charge in [-0.25, -0.2) is 4.98 Å². The lowest BCUT2D eigenvalue weighted by Gasteiger charge is -2.06. The third-order valence-corrected chi connectivity index (χ3v) is 5.71. The fourth-order valence-electron chi connectivity index (χ4n) is 3.73. The molecule has 4 aromatic carbocycles. The fraction of sp³-hybridized carbons (Fsp3) is 0. The van der Waals surface area contributed by atoms with Crippen LogP contribution in [0.3, 0.4) is 0 Å². The van der Waals surface area contributed by atoms with Gasteiger partial charge in [0, 0.05) is 28.1 Å². The van der Waals surface area contributed by atoms with Crippen molar-refractivity contribution in [2.75, 3.05) is 10.6 Å². The van der Waals surface area contributed by atoms with E-state index in [1.54, 1.807) is 72.8 Å². The molecule has 3 N–H and O–H groups in total. The van der Waals surface area contributed by atoms with Crippen LogP contribution in [-0.4, -0.2) is 21.8 Å². The molecule has 5 aromatic rings. The van der Waals surface area contributed by atoms with Crippen LogP contribution in [0.5, 0.6) is 0 Å². The van der Waals surface area contributed by atoms with Crippen molar-refractivity contribution in [1.82, 2.24) is 9.97 Å². The minimum atomic E-state index is -0.276. The second-order valence-electron chi connectivity index (χ2n) is 8.18. The summed E-state index contributed by atoms with van der Waals surface area (Å²) in [5.41, 5.74) is 5.46.